The standard InChI is InChI=1S/C22H27N3O4/c1-4-28-21(26)16(22(27)29-5-2)13-25-14(3)8-9-15-17(25)10-11-18-20(15)23-19-7-6-12-24(18)19/h10-11,13-14H,4-9,12H2,1-3H3. The third-order valence-electron chi connectivity index (χ3n) is 5.69. The Morgan fingerprint density at radius 2 is 1.90 bits per heavy atom. The number of nitrogens with zero attached hydrogens (tertiary/aromatic N) is 3. The summed E-state index contributed by atoms with van der Waals surface area (Å²) in [7, 11) is 0. The predicted molar refractivity (Wildman–Crippen MR) is 110 cm³/mol. The lowest BCUT2D eigenvalue weighted by Crippen LogP contribution is -2.35. The van der Waals surface area contributed by atoms with E-state index in [2.05, 4.69) is 23.6 Å². The van der Waals surface area contributed by atoms with Crippen LogP contribution in [0.25, 0.3) is 11.0 Å². The monoisotopic (exact) mass is 397 g/mol. The van der Waals surface area contributed by atoms with E-state index in [1.807, 2.05) is 4.90 Å². The van der Waals surface area contributed by atoms with Crippen molar-refractivity contribution in [2.75, 3.05) is 18.1 Å². The van der Waals surface area contributed by atoms with E-state index < -0.39 is 11.9 Å². The van der Waals surface area contributed by atoms with Crippen molar-refractivity contribution in [2.24, 2.45) is 0 Å². The van der Waals surface area contributed by atoms with Crippen LogP contribution in [-0.2, 0) is 38.4 Å². The molecule has 0 spiro atoms. The van der Waals surface area contributed by atoms with Gasteiger partial charge in [-0.15, -0.1) is 0 Å². The highest BCUT2D eigenvalue weighted by atomic mass is 16.6. The van der Waals surface area contributed by atoms with Crippen LogP contribution in [0, 0.1) is 0 Å². The molecular formula is C22H27N3O4. The number of benzene rings is 1. The molecular weight excluding hydrogens is 370 g/mol. The maximum absolute atomic E-state index is 12.4. The summed E-state index contributed by atoms with van der Waals surface area (Å²) in [5, 5.41) is 0. The first-order valence-corrected chi connectivity index (χ1v) is 10.4. The lowest BCUT2D eigenvalue weighted by atomic mass is 9.95. The molecule has 0 saturated heterocycles. The third-order valence-corrected chi connectivity index (χ3v) is 5.69. The number of imidazole rings is 1. The largest absolute Gasteiger partial charge is 0.462 e. The van der Waals surface area contributed by atoms with E-state index in [1.54, 1.807) is 20.0 Å². The van der Waals surface area contributed by atoms with Gasteiger partial charge in [0.15, 0.2) is 5.57 Å². The summed E-state index contributed by atoms with van der Waals surface area (Å²) in [6.45, 7) is 6.93. The highest BCUT2D eigenvalue weighted by Crippen LogP contribution is 2.37. The van der Waals surface area contributed by atoms with Crippen molar-refractivity contribution in [2.45, 2.75) is 59.0 Å². The van der Waals surface area contributed by atoms with Gasteiger partial charge in [-0.1, -0.05) is 0 Å². The number of hydrogen-bond acceptors (Lipinski definition) is 6. The molecule has 154 valence electrons. The molecule has 2 aliphatic rings. The number of esters is 2. The molecule has 29 heavy (non-hydrogen) atoms. The topological polar surface area (TPSA) is 73.7 Å². The van der Waals surface area contributed by atoms with Crippen molar-refractivity contribution in [3.63, 3.8) is 0 Å². The number of aryl methyl sites for hydroxylation is 3. The Morgan fingerprint density at radius 3 is 2.59 bits per heavy atom. The predicted octanol–water partition coefficient (Wildman–Crippen LogP) is 3.13. The Kier molecular flexibility index (Phi) is 5.30. The van der Waals surface area contributed by atoms with Crippen LogP contribution in [0.1, 0.15) is 45.0 Å². The van der Waals surface area contributed by atoms with Crippen LogP contribution in [0.5, 0.6) is 0 Å². The highest BCUT2D eigenvalue weighted by Gasteiger charge is 2.30. The summed E-state index contributed by atoms with van der Waals surface area (Å²) in [4.78, 5) is 31.7. The molecule has 0 saturated carbocycles. The lowest BCUT2D eigenvalue weighted by molar-refractivity contribution is -0.146. The van der Waals surface area contributed by atoms with E-state index in [-0.39, 0.29) is 24.8 Å². The maximum atomic E-state index is 12.4. The van der Waals surface area contributed by atoms with Crippen molar-refractivity contribution >= 4 is 28.7 Å². The number of aromatic nitrogens is 2. The average Bonchev–Trinajstić information content (AvgIpc) is 3.28. The van der Waals surface area contributed by atoms with Crippen LogP contribution in [0.2, 0.25) is 0 Å². The fourth-order valence-electron chi connectivity index (χ4n) is 4.28. The zero-order chi connectivity index (χ0) is 20.5. The van der Waals surface area contributed by atoms with E-state index >= 15 is 0 Å². The molecule has 1 atom stereocenters. The van der Waals surface area contributed by atoms with Crippen molar-refractivity contribution in [3.05, 3.63) is 35.3 Å². The molecule has 1 aromatic carbocycles. The van der Waals surface area contributed by atoms with Crippen LogP contribution in [-0.4, -0.2) is 40.7 Å². The molecule has 1 unspecified atom stereocenters. The molecule has 2 aliphatic heterocycles. The lowest BCUT2D eigenvalue weighted by Gasteiger charge is -2.35. The van der Waals surface area contributed by atoms with Gasteiger partial charge in [0.25, 0.3) is 0 Å². The summed E-state index contributed by atoms with van der Waals surface area (Å²) in [5.74, 6) is -0.174. The van der Waals surface area contributed by atoms with Crippen LogP contribution in [0.4, 0.5) is 5.69 Å². The van der Waals surface area contributed by atoms with Crippen molar-refractivity contribution in [3.8, 4) is 0 Å². The molecule has 0 radical (unpaired) electrons. The number of fused-ring (bicyclic) bond motifs is 5. The molecule has 7 heteroatoms. The molecule has 0 fully saturated rings. The van der Waals surface area contributed by atoms with Crippen LogP contribution < -0.4 is 4.90 Å². The Bertz CT molecular complexity index is 972. The Balaban J connectivity index is 1.79. The second-order valence-electron chi connectivity index (χ2n) is 7.49. The summed E-state index contributed by atoms with van der Waals surface area (Å²) >= 11 is 0. The summed E-state index contributed by atoms with van der Waals surface area (Å²) < 4.78 is 12.5. The van der Waals surface area contributed by atoms with Crippen LogP contribution >= 0.6 is 0 Å². The van der Waals surface area contributed by atoms with Gasteiger partial charge in [0.2, 0.25) is 0 Å². The number of rotatable bonds is 5. The van der Waals surface area contributed by atoms with E-state index in [0.717, 1.165) is 49.3 Å². The minimum atomic E-state index is -0.660. The fraction of sp³-hybridized carbons (Fsp3) is 0.500. The minimum absolute atomic E-state index is 0.0826. The number of anilines is 1. The molecule has 0 bridgehead atoms. The molecule has 0 aliphatic carbocycles. The maximum Gasteiger partial charge on any atom is 0.347 e. The number of hydrogen-bond donors (Lipinski definition) is 0. The van der Waals surface area contributed by atoms with Gasteiger partial charge in [-0.25, -0.2) is 14.6 Å². The molecule has 3 heterocycles. The quantitative estimate of drug-likeness (QED) is 0.334. The zero-order valence-electron chi connectivity index (χ0n) is 17.2. The van der Waals surface area contributed by atoms with Crippen LogP contribution in [0.15, 0.2) is 23.9 Å². The number of ether oxygens (including phenoxy) is 2. The van der Waals surface area contributed by atoms with Gasteiger partial charge in [0.1, 0.15) is 5.82 Å². The third kappa shape index (κ3) is 3.39. The van der Waals surface area contributed by atoms with E-state index in [0.29, 0.717) is 0 Å². The molecule has 7 nitrogen and oxygen atoms in total. The Hall–Kier alpha value is -2.83. The summed E-state index contributed by atoms with van der Waals surface area (Å²) in [6, 6.07) is 4.31. The van der Waals surface area contributed by atoms with E-state index in [9.17, 15) is 9.59 Å². The Labute approximate surface area is 170 Å². The van der Waals surface area contributed by atoms with Crippen molar-refractivity contribution < 1.29 is 19.1 Å². The second-order valence-corrected chi connectivity index (χ2v) is 7.49. The molecule has 0 amide bonds. The van der Waals surface area contributed by atoms with Gasteiger partial charge in [-0.2, -0.15) is 0 Å². The first-order valence-electron chi connectivity index (χ1n) is 10.4. The number of carbonyl (C=O) groups excluding carboxylic acids is 2. The molecule has 2 aromatic rings. The first kappa shape index (κ1) is 19.5. The van der Waals surface area contributed by atoms with Crippen molar-refractivity contribution in [1.29, 1.82) is 0 Å². The van der Waals surface area contributed by atoms with E-state index in [1.165, 1.54) is 11.1 Å². The van der Waals surface area contributed by atoms with Gasteiger partial charge >= 0.3 is 11.9 Å². The van der Waals surface area contributed by atoms with Gasteiger partial charge in [-0.3, -0.25) is 0 Å². The van der Waals surface area contributed by atoms with Gasteiger partial charge in [0, 0.05) is 36.5 Å². The smallest absolute Gasteiger partial charge is 0.347 e. The van der Waals surface area contributed by atoms with Gasteiger partial charge < -0.3 is 18.9 Å². The number of carbonyl (C=O) groups is 2. The highest BCUT2D eigenvalue weighted by molar-refractivity contribution is 6.14. The molecule has 4 rings (SSSR count). The summed E-state index contributed by atoms with van der Waals surface area (Å²) in [6.07, 6.45) is 5.57. The van der Waals surface area contributed by atoms with Crippen molar-refractivity contribution in [1.82, 2.24) is 9.55 Å². The fourth-order valence-corrected chi connectivity index (χ4v) is 4.28. The molecule has 1 aromatic heterocycles. The van der Waals surface area contributed by atoms with Gasteiger partial charge in [0.05, 0.1) is 24.2 Å². The second kappa shape index (κ2) is 7.89. The summed E-state index contributed by atoms with van der Waals surface area (Å²) in [5.41, 5.74) is 4.29. The molecule has 0 N–H and O–H groups in total. The normalized spacial score (nSPS) is 17.6. The SMILES string of the molecule is CCOC(=O)C(=CN1c2ccc3c(nc4n3CCC4)c2CCC1C)C(=O)OCC. The average molecular weight is 397 g/mol. The minimum Gasteiger partial charge on any atom is -0.462 e. The zero-order valence-corrected chi connectivity index (χ0v) is 17.2. The first-order chi connectivity index (χ1) is 14.0. The van der Waals surface area contributed by atoms with Gasteiger partial charge in [-0.05, 0) is 52.2 Å². The Morgan fingerprint density at radius 1 is 1.17 bits per heavy atom. The van der Waals surface area contributed by atoms with Crippen LogP contribution in [0.3, 0.4) is 0 Å². The van der Waals surface area contributed by atoms with E-state index in [4.69, 9.17) is 14.5 Å².